The third-order valence-electron chi connectivity index (χ3n) is 5.05. The van der Waals surface area contributed by atoms with Gasteiger partial charge in [0.05, 0.1) is 10.7 Å². The summed E-state index contributed by atoms with van der Waals surface area (Å²) in [6, 6.07) is 4.28. The number of carbonyl (C=O) groups excluding carboxylic acids is 3. The van der Waals surface area contributed by atoms with E-state index in [1.54, 1.807) is 23.7 Å². The van der Waals surface area contributed by atoms with Gasteiger partial charge < -0.3 is 15.5 Å². The predicted octanol–water partition coefficient (Wildman–Crippen LogP) is 3.67. The maximum atomic E-state index is 12.8. The van der Waals surface area contributed by atoms with Crippen LogP contribution >= 0.6 is 23.2 Å². The highest BCUT2D eigenvalue weighted by atomic mass is 35.5. The van der Waals surface area contributed by atoms with Crippen LogP contribution in [0.4, 0.5) is 10.5 Å². The van der Waals surface area contributed by atoms with Crippen LogP contribution in [-0.2, 0) is 9.59 Å². The van der Waals surface area contributed by atoms with E-state index >= 15 is 0 Å². The number of benzene rings is 1. The molecule has 8 nitrogen and oxygen atoms in total. The third-order valence-corrected chi connectivity index (χ3v) is 5.61. The number of nitrogens with zero attached hydrogens (tertiary/aromatic N) is 1. The third kappa shape index (κ3) is 7.66. The van der Waals surface area contributed by atoms with Crippen LogP contribution in [0, 0.1) is 11.3 Å². The van der Waals surface area contributed by atoms with Crippen molar-refractivity contribution in [1.82, 2.24) is 15.7 Å². The zero-order chi connectivity index (χ0) is 22.3. The fourth-order valence-electron chi connectivity index (χ4n) is 3.11. The standard InChI is InChI=1S/C20H28Cl2N4O4/c1-20(2,12-23-19(29)24-16-8-14(21)6-7-15(16)22)9-18(28)26(11-17(27)25-30)10-13-4-3-5-13/h6-8,13,30H,3-5,9-12H2,1-2H3,(H,25,27)(H2,23,24,29). The van der Waals surface area contributed by atoms with E-state index in [1.165, 1.54) is 4.90 Å². The lowest BCUT2D eigenvalue weighted by Gasteiger charge is -2.34. The summed E-state index contributed by atoms with van der Waals surface area (Å²) < 4.78 is 0. The Morgan fingerprint density at radius 2 is 1.93 bits per heavy atom. The first kappa shape index (κ1) is 24.2. The van der Waals surface area contributed by atoms with Crippen LogP contribution in [0.5, 0.6) is 0 Å². The number of hydrogen-bond donors (Lipinski definition) is 4. The second kappa shape index (κ2) is 10.8. The zero-order valence-electron chi connectivity index (χ0n) is 17.1. The lowest BCUT2D eigenvalue weighted by Crippen LogP contribution is -2.46. The number of urea groups is 1. The van der Waals surface area contributed by atoms with Crippen LogP contribution in [0.3, 0.4) is 0 Å². The number of rotatable bonds is 9. The quantitative estimate of drug-likeness (QED) is 0.334. The molecule has 4 amide bonds. The van der Waals surface area contributed by atoms with Gasteiger partial charge in [-0.15, -0.1) is 0 Å². The molecule has 0 aliphatic heterocycles. The summed E-state index contributed by atoms with van der Waals surface area (Å²) in [5, 5.41) is 15.0. The number of hydroxylamine groups is 1. The van der Waals surface area contributed by atoms with E-state index in [9.17, 15) is 14.4 Å². The fourth-order valence-corrected chi connectivity index (χ4v) is 3.45. The molecule has 30 heavy (non-hydrogen) atoms. The van der Waals surface area contributed by atoms with E-state index in [4.69, 9.17) is 28.4 Å². The maximum absolute atomic E-state index is 12.8. The summed E-state index contributed by atoms with van der Waals surface area (Å²) in [5.74, 6) is -0.443. The lowest BCUT2D eigenvalue weighted by molar-refractivity contribution is -0.141. The Labute approximate surface area is 186 Å². The molecule has 0 heterocycles. The maximum Gasteiger partial charge on any atom is 0.319 e. The van der Waals surface area contributed by atoms with E-state index in [-0.39, 0.29) is 25.4 Å². The minimum atomic E-state index is -0.628. The topological polar surface area (TPSA) is 111 Å². The molecule has 10 heteroatoms. The van der Waals surface area contributed by atoms with Gasteiger partial charge in [0.1, 0.15) is 6.54 Å². The van der Waals surface area contributed by atoms with E-state index < -0.39 is 17.4 Å². The van der Waals surface area contributed by atoms with Crippen LogP contribution in [0.15, 0.2) is 18.2 Å². The fraction of sp³-hybridized carbons (Fsp3) is 0.550. The molecule has 0 spiro atoms. The van der Waals surface area contributed by atoms with Gasteiger partial charge in [-0.2, -0.15) is 0 Å². The zero-order valence-corrected chi connectivity index (χ0v) is 18.6. The van der Waals surface area contributed by atoms with Crippen LogP contribution in [0.1, 0.15) is 39.5 Å². The van der Waals surface area contributed by atoms with E-state index in [0.717, 1.165) is 19.3 Å². The number of anilines is 1. The van der Waals surface area contributed by atoms with Crippen LogP contribution in [0.2, 0.25) is 10.0 Å². The molecule has 1 aromatic rings. The first-order chi connectivity index (χ1) is 14.1. The van der Waals surface area contributed by atoms with E-state index in [2.05, 4.69) is 10.6 Å². The first-order valence-corrected chi connectivity index (χ1v) is 10.6. The summed E-state index contributed by atoms with van der Waals surface area (Å²) in [5.41, 5.74) is 1.41. The van der Waals surface area contributed by atoms with Gasteiger partial charge in [0.25, 0.3) is 5.91 Å². The molecular formula is C20H28Cl2N4O4. The molecule has 4 N–H and O–H groups in total. The molecule has 0 saturated heterocycles. The largest absolute Gasteiger partial charge is 0.337 e. The molecule has 2 rings (SSSR count). The molecule has 0 aromatic heterocycles. The number of halogens is 2. The Bertz CT molecular complexity index is 784. The number of nitrogens with one attached hydrogen (secondary N) is 3. The van der Waals surface area contributed by atoms with Gasteiger partial charge in [-0.05, 0) is 42.4 Å². The van der Waals surface area contributed by atoms with Gasteiger partial charge in [0.15, 0.2) is 0 Å². The van der Waals surface area contributed by atoms with Crippen molar-refractivity contribution in [3.63, 3.8) is 0 Å². The molecule has 166 valence electrons. The van der Waals surface area contributed by atoms with Gasteiger partial charge in [-0.25, -0.2) is 10.3 Å². The first-order valence-electron chi connectivity index (χ1n) is 9.80. The van der Waals surface area contributed by atoms with Gasteiger partial charge in [0, 0.05) is 24.5 Å². The Morgan fingerprint density at radius 3 is 2.53 bits per heavy atom. The Hall–Kier alpha value is -2.03. The minimum Gasteiger partial charge on any atom is -0.337 e. The lowest BCUT2D eigenvalue weighted by atomic mass is 9.84. The summed E-state index contributed by atoms with van der Waals surface area (Å²) in [6.07, 6.45) is 3.32. The Balaban J connectivity index is 1.89. The Morgan fingerprint density at radius 1 is 1.23 bits per heavy atom. The average molecular weight is 459 g/mol. The molecule has 1 aliphatic carbocycles. The van der Waals surface area contributed by atoms with Gasteiger partial charge in [0.2, 0.25) is 5.91 Å². The number of carbonyl (C=O) groups is 3. The summed E-state index contributed by atoms with van der Waals surface area (Å²) in [7, 11) is 0. The Kier molecular flexibility index (Phi) is 8.76. The van der Waals surface area contributed by atoms with Crippen molar-refractivity contribution in [2.75, 3.05) is 25.0 Å². The summed E-state index contributed by atoms with van der Waals surface area (Å²) in [4.78, 5) is 38.1. The van der Waals surface area contributed by atoms with E-state index in [0.29, 0.717) is 28.2 Å². The highest BCUT2D eigenvalue weighted by molar-refractivity contribution is 6.35. The van der Waals surface area contributed by atoms with Crippen molar-refractivity contribution in [3.05, 3.63) is 28.2 Å². The van der Waals surface area contributed by atoms with Crippen molar-refractivity contribution < 1.29 is 19.6 Å². The number of amides is 4. The van der Waals surface area contributed by atoms with Crippen molar-refractivity contribution in [2.45, 2.75) is 39.5 Å². The van der Waals surface area contributed by atoms with Crippen molar-refractivity contribution in [1.29, 1.82) is 0 Å². The van der Waals surface area contributed by atoms with Gasteiger partial charge >= 0.3 is 6.03 Å². The highest BCUT2D eigenvalue weighted by Crippen LogP contribution is 2.29. The normalized spacial score (nSPS) is 13.9. The smallest absolute Gasteiger partial charge is 0.319 e. The van der Waals surface area contributed by atoms with Gasteiger partial charge in [-0.3, -0.25) is 14.8 Å². The molecule has 1 aromatic carbocycles. The van der Waals surface area contributed by atoms with Crippen molar-refractivity contribution in [2.24, 2.45) is 11.3 Å². The van der Waals surface area contributed by atoms with Crippen LogP contribution < -0.4 is 16.1 Å². The molecule has 1 saturated carbocycles. The van der Waals surface area contributed by atoms with Crippen LogP contribution in [0.25, 0.3) is 0 Å². The summed E-state index contributed by atoms with van der Waals surface area (Å²) >= 11 is 12.0. The predicted molar refractivity (Wildman–Crippen MR) is 116 cm³/mol. The second-order valence-corrected chi connectivity index (χ2v) is 9.22. The molecule has 0 unspecified atom stereocenters. The monoisotopic (exact) mass is 458 g/mol. The molecular weight excluding hydrogens is 431 g/mol. The summed E-state index contributed by atoms with van der Waals surface area (Å²) in [6.45, 7) is 4.23. The van der Waals surface area contributed by atoms with Crippen molar-refractivity contribution in [3.8, 4) is 0 Å². The SMILES string of the molecule is CC(C)(CNC(=O)Nc1cc(Cl)ccc1Cl)CC(=O)N(CC(=O)NO)CC1CCC1. The molecule has 1 aliphatic rings. The number of hydrogen-bond acceptors (Lipinski definition) is 4. The molecule has 0 atom stereocenters. The molecule has 1 fully saturated rings. The average Bonchev–Trinajstić information content (AvgIpc) is 2.64. The van der Waals surface area contributed by atoms with E-state index in [1.807, 2.05) is 13.8 Å². The highest BCUT2D eigenvalue weighted by Gasteiger charge is 2.30. The van der Waals surface area contributed by atoms with Gasteiger partial charge in [-0.1, -0.05) is 43.5 Å². The van der Waals surface area contributed by atoms with Crippen LogP contribution in [-0.4, -0.2) is 47.6 Å². The van der Waals surface area contributed by atoms with Crippen molar-refractivity contribution >= 4 is 46.7 Å². The second-order valence-electron chi connectivity index (χ2n) is 8.38. The minimum absolute atomic E-state index is 0.136. The molecule has 0 radical (unpaired) electrons. The molecule has 0 bridgehead atoms.